The average Bonchev–Trinajstić information content (AvgIpc) is 3.99. The van der Waals surface area contributed by atoms with Gasteiger partial charge in [-0.25, -0.2) is 15.0 Å². The predicted molar refractivity (Wildman–Crippen MR) is 260 cm³/mol. The van der Waals surface area contributed by atoms with E-state index in [1.54, 1.807) is 52.8 Å². The first kappa shape index (κ1) is 42.7. The minimum absolute atomic E-state index is 0.353. The highest BCUT2D eigenvalue weighted by atomic mass is 35.5. The van der Waals surface area contributed by atoms with Crippen LogP contribution in [0, 0.1) is 0 Å². The van der Waals surface area contributed by atoms with Gasteiger partial charge in [0.2, 0.25) is 5.66 Å². The molecule has 318 valence electrons. The topological polar surface area (TPSA) is 90.3 Å². The number of nitrogens with zero attached hydrogens (tertiary/aromatic N) is 3. The van der Waals surface area contributed by atoms with Gasteiger partial charge < -0.3 is 23.9 Å². The number of aromatic amines is 1. The number of benzene rings is 7. The SMILES string of the molecule is COc1cccc(C2=NC(c3ncc(-c4cc(-c5cccc(OC)c5)c(-c5cccc(OC)c5)cc4-c4ccc(Cl)cc4Cl)[nH]3)(c3ccc(Cl)cc3Cl)N=C2c2cccc(OC)c2)c1. The van der Waals surface area contributed by atoms with Crippen LogP contribution in [0.25, 0.3) is 44.6 Å². The maximum Gasteiger partial charge on any atom is 0.236 e. The molecule has 1 N–H and O–H groups in total. The summed E-state index contributed by atoms with van der Waals surface area (Å²) in [6, 6.07) is 46.3. The normalized spacial score (nSPS) is 13.0. The first-order chi connectivity index (χ1) is 31.1. The van der Waals surface area contributed by atoms with Crippen molar-refractivity contribution >= 4 is 57.8 Å². The van der Waals surface area contributed by atoms with Crippen LogP contribution in [0.1, 0.15) is 22.5 Å². The first-order valence-electron chi connectivity index (χ1n) is 20.0. The van der Waals surface area contributed by atoms with Crippen LogP contribution in [0.3, 0.4) is 0 Å². The van der Waals surface area contributed by atoms with Crippen molar-refractivity contribution in [1.82, 2.24) is 9.97 Å². The third kappa shape index (κ3) is 8.10. The van der Waals surface area contributed by atoms with E-state index in [4.69, 9.17) is 80.3 Å². The zero-order valence-corrected chi connectivity index (χ0v) is 37.9. The van der Waals surface area contributed by atoms with E-state index < -0.39 is 5.66 Å². The Kier molecular flexibility index (Phi) is 12.0. The molecular formula is C52H38Cl4N4O4. The molecule has 8 aromatic rings. The lowest BCUT2D eigenvalue weighted by molar-refractivity contribution is 0.414. The van der Waals surface area contributed by atoms with Crippen molar-refractivity contribution in [3.63, 3.8) is 0 Å². The van der Waals surface area contributed by atoms with E-state index in [0.29, 0.717) is 71.6 Å². The van der Waals surface area contributed by atoms with Crippen molar-refractivity contribution in [3.05, 3.63) is 194 Å². The van der Waals surface area contributed by atoms with Gasteiger partial charge in [0.15, 0.2) is 5.82 Å². The molecule has 12 heteroatoms. The van der Waals surface area contributed by atoms with Gasteiger partial charge in [0.05, 0.1) is 56.8 Å². The summed E-state index contributed by atoms with van der Waals surface area (Å²) in [4.78, 5) is 19.8. The van der Waals surface area contributed by atoms with Gasteiger partial charge >= 0.3 is 0 Å². The van der Waals surface area contributed by atoms with E-state index in [9.17, 15) is 0 Å². The molecule has 1 aliphatic rings. The summed E-state index contributed by atoms with van der Waals surface area (Å²) in [7, 11) is 6.56. The minimum Gasteiger partial charge on any atom is -0.497 e. The van der Waals surface area contributed by atoms with Crippen molar-refractivity contribution in [3.8, 4) is 67.6 Å². The Labute approximate surface area is 390 Å². The lowest BCUT2D eigenvalue weighted by Crippen LogP contribution is -2.23. The second-order valence-corrected chi connectivity index (χ2v) is 16.5. The standard InChI is InChI=1S/C52H38Cl4N4O4/c1-61-36-13-5-9-30(21-36)41-27-43(40-19-17-34(53)25-46(40)55)44(28-42(41)31-10-6-14-37(22-31)62-2)48-29-57-51(58-48)52(45-20-18-35(54)26-47(45)56)59-49(32-11-7-15-38(23-32)63-3)50(60-52)33-12-8-16-39(24-33)64-4/h5-29H,1-4H3,(H,57,58). The van der Waals surface area contributed by atoms with Gasteiger partial charge in [-0.1, -0.05) is 107 Å². The van der Waals surface area contributed by atoms with Crippen LogP contribution in [0.2, 0.25) is 20.1 Å². The van der Waals surface area contributed by atoms with Crippen molar-refractivity contribution in [2.24, 2.45) is 9.98 Å². The summed E-state index contributed by atoms with van der Waals surface area (Å²) in [5.41, 5.74) is 8.48. The molecular weight excluding hydrogens is 886 g/mol. The minimum atomic E-state index is -1.52. The highest BCUT2D eigenvalue weighted by Crippen LogP contribution is 2.48. The van der Waals surface area contributed by atoms with Crippen molar-refractivity contribution in [2.75, 3.05) is 28.4 Å². The predicted octanol–water partition coefficient (Wildman–Crippen LogP) is 13.9. The zero-order chi connectivity index (χ0) is 44.5. The van der Waals surface area contributed by atoms with Gasteiger partial charge in [-0.05, 0) is 113 Å². The largest absolute Gasteiger partial charge is 0.497 e. The van der Waals surface area contributed by atoms with Gasteiger partial charge in [-0.2, -0.15) is 0 Å². The van der Waals surface area contributed by atoms with Crippen LogP contribution in [0.15, 0.2) is 162 Å². The van der Waals surface area contributed by atoms with E-state index in [2.05, 4.69) is 29.2 Å². The molecule has 0 aliphatic carbocycles. The van der Waals surface area contributed by atoms with Crippen LogP contribution in [0.4, 0.5) is 0 Å². The lowest BCUT2D eigenvalue weighted by atomic mass is 9.87. The maximum absolute atomic E-state index is 7.15. The molecule has 0 amide bonds. The highest BCUT2D eigenvalue weighted by Gasteiger charge is 2.45. The summed E-state index contributed by atoms with van der Waals surface area (Å²) in [6.45, 7) is 0. The van der Waals surface area contributed by atoms with Crippen LogP contribution in [0.5, 0.6) is 23.0 Å². The number of aliphatic imine (C=N–C) groups is 2. The molecule has 7 aromatic carbocycles. The van der Waals surface area contributed by atoms with E-state index in [1.807, 2.05) is 103 Å². The highest BCUT2D eigenvalue weighted by molar-refractivity contribution is 6.54. The molecule has 0 fully saturated rings. The Bertz CT molecular complexity index is 3080. The second-order valence-electron chi connectivity index (χ2n) is 14.9. The summed E-state index contributed by atoms with van der Waals surface area (Å²) < 4.78 is 22.7. The summed E-state index contributed by atoms with van der Waals surface area (Å²) in [5.74, 6) is 3.14. The number of imidazole rings is 1. The maximum atomic E-state index is 7.15. The molecule has 8 nitrogen and oxygen atoms in total. The van der Waals surface area contributed by atoms with E-state index in [0.717, 1.165) is 50.1 Å². The molecule has 0 saturated carbocycles. The molecule has 9 rings (SSSR count). The molecule has 0 atom stereocenters. The number of halogens is 4. The van der Waals surface area contributed by atoms with Gasteiger partial charge in [-0.15, -0.1) is 0 Å². The fourth-order valence-electron chi connectivity index (χ4n) is 7.97. The van der Waals surface area contributed by atoms with Crippen LogP contribution >= 0.6 is 46.4 Å². The fourth-order valence-corrected chi connectivity index (χ4v) is 9.02. The Morgan fingerprint density at radius 1 is 0.438 bits per heavy atom. The molecule has 0 bridgehead atoms. The monoisotopic (exact) mass is 922 g/mol. The molecule has 0 unspecified atom stereocenters. The van der Waals surface area contributed by atoms with Gasteiger partial charge in [0.1, 0.15) is 23.0 Å². The Morgan fingerprint density at radius 2 is 0.891 bits per heavy atom. The number of hydrogen-bond donors (Lipinski definition) is 1. The Morgan fingerprint density at radius 3 is 1.38 bits per heavy atom. The summed E-state index contributed by atoms with van der Waals surface area (Å²) in [6.07, 6.45) is 1.78. The van der Waals surface area contributed by atoms with Crippen LogP contribution in [-0.4, -0.2) is 49.8 Å². The number of hydrogen-bond acceptors (Lipinski definition) is 7. The third-order valence-corrected chi connectivity index (χ3v) is 12.2. The molecule has 0 saturated heterocycles. The summed E-state index contributed by atoms with van der Waals surface area (Å²) in [5, 5.41) is 1.80. The Hall–Kier alpha value is -6.55. The number of methoxy groups -OCH3 is 4. The first-order valence-corrected chi connectivity index (χ1v) is 21.5. The quantitative estimate of drug-likeness (QED) is 0.132. The van der Waals surface area contributed by atoms with E-state index in [-0.39, 0.29) is 0 Å². The molecule has 2 heterocycles. The lowest BCUT2D eigenvalue weighted by Gasteiger charge is -2.23. The van der Waals surface area contributed by atoms with Crippen LogP contribution in [-0.2, 0) is 5.66 Å². The molecule has 0 radical (unpaired) electrons. The molecule has 64 heavy (non-hydrogen) atoms. The number of nitrogens with one attached hydrogen (secondary N) is 1. The van der Waals surface area contributed by atoms with Crippen LogP contribution < -0.4 is 18.9 Å². The van der Waals surface area contributed by atoms with E-state index >= 15 is 0 Å². The number of ether oxygens (including phenoxy) is 4. The van der Waals surface area contributed by atoms with E-state index in [1.165, 1.54) is 0 Å². The average molecular weight is 925 g/mol. The number of H-pyrrole nitrogens is 1. The smallest absolute Gasteiger partial charge is 0.236 e. The zero-order valence-electron chi connectivity index (χ0n) is 34.9. The third-order valence-electron chi connectivity index (χ3n) is 11.1. The molecule has 1 aromatic heterocycles. The van der Waals surface area contributed by atoms with Crippen molar-refractivity contribution < 1.29 is 18.9 Å². The number of rotatable bonds is 12. The van der Waals surface area contributed by atoms with Gasteiger partial charge in [0, 0.05) is 42.9 Å². The van der Waals surface area contributed by atoms with Gasteiger partial charge in [-0.3, -0.25) is 0 Å². The fraction of sp³-hybridized carbons (Fsp3) is 0.0962. The van der Waals surface area contributed by atoms with Crippen molar-refractivity contribution in [1.29, 1.82) is 0 Å². The van der Waals surface area contributed by atoms with Gasteiger partial charge in [0.25, 0.3) is 0 Å². The Balaban J connectivity index is 1.33. The number of aromatic nitrogens is 2. The van der Waals surface area contributed by atoms with Crippen molar-refractivity contribution in [2.45, 2.75) is 5.66 Å². The molecule has 1 aliphatic heterocycles. The summed E-state index contributed by atoms with van der Waals surface area (Å²) >= 11 is 27.2. The molecule has 0 spiro atoms. The second kappa shape index (κ2) is 17.9.